The maximum absolute atomic E-state index is 12.5. The standard InChI is InChI=1S/C12H15N5O2S/c1-17(9-10-4-2-6-14-8-10)20(18,19)11-5-3-7-15-12(11)16-13/h2-8H,9,13H2,1H3,(H,15,16). The first-order valence-corrected chi connectivity index (χ1v) is 7.26. The molecule has 2 rings (SSSR count). The maximum atomic E-state index is 12.5. The number of sulfonamides is 1. The minimum Gasteiger partial charge on any atom is -0.307 e. The fourth-order valence-electron chi connectivity index (χ4n) is 1.71. The lowest BCUT2D eigenvalue weighted by molar-refractivity contribution is 0.466. The monoisotopic (exact) mass is 293 g/mol. The second-order valence-electron chi connectivity index (χ2n) is 4.12. The Hall–Kier alpha value is -2.03. The predicted octanol–water partition coefficient (Wildman–Crippen LogP) is 0.583. The van der Waals surface area contributed by atoms with E-state index in [1.807, 2.05) is 6.07 Å². The number of nitrogens with one attached hydrogen (secondary N) is 1. The molecular formula is C12H15N5O2S. The Morgan fingerprint density at radius 2 is 2.05 bits per heavy atom. The summed E-state index contributed by atoms with van der Waals surface area (Å²) in [6.07, 6.45) is 4.72. The van der Waals surface area contributed by atoms with E-state index in [0.717, 1.165) is 5.56 Å². The number of nitrogens with two attached hydrogens (primary N) is 1. The topological polar surface area (TPSA) is 101 Å². The van der Waals surface area contributed by atoms with E-state index >= 15 is 0 Å². The van der Waals surface area contributed by atoms with Crippen molar-refractivity contribution in [3.63, 3.8) is 0 Å². The molecule has 8 heteroatoms. The highest BCUT2D eigenvalue weighted by molar-refractivity contribution is 7.89. The molecule has 0 aliphatic carbocycles. The van der Waals surface area contributed by atoms with Crippen molar-refractivity contribution in [2.45, 2.75) is 11.4 Å². The van der Waals surface area contributed by atoms with Gasteiger partial charge in [0.2, 0.25) is 10.0 Å². The largest absolute Gasteiger partial charge is 0.307 e. The molecule has 7 nitrogen and oxygen atoms in total. The number of anilines is 1. The number of hydrogen-bond donors (Lipinski definition) is 2. The molecule has 0 bridgehead atoms. The third-order valence-corrected chi connectivity index (χ3v) is 4.56. The molecule has 2 aromatic rings. The van der Waals surface area contributed by atoms with Crippen molar-refractivity contribution in [2.24, 2.45) is 5.84 Å². The average molecular weight is 293 g/mol. The van der Waals surface area contributed by atoms with Gasteiger partial charge in [-0.05, 0) is 23.8 Å². The molecule has 0 spiro atoms. The summed E-state index contributed by atoms with van der Waals surface area (Å²) in [7, 11) is -2.18. The van der Waals surface area contributed by atoms with E-state index in [9.17, 15) is 8.42 Å². The van der Waals surface area contributed by atoms with Gasteiger partial charge in [-0.3, -0.25) is 4.98 Å². The lowest BCUT2D eigenvalue weighted by Crippen LogP contribution is -2.28. The molecule has 2 aromatic heterocycles. The Balaban J connectivity index is 2.30. The van der Waals surface area contributed by atoms with Crippen molar-refractivity contribution >= 4 is 15.8 Å². The van der Waals surface area contributed by atoms with Crippen molar-refractivity contribution in [1.29, 1.82) is 0 Å². The van der Waals surface area contributed by atoms with Crippen LogP contribution in [0.5, 0.6) is 0 Å². The first-order chi connectivity index (χ1) is 9.55. The van der Waals surface area contributed by atoms with E-state index in [-0.39, 0.29) is 17.3 Å². The SMILES string of the molecule is CN(Cc1cccnc1)S(=O)(=O)c1cccnc1NN. The third-order valence-electron chi connectivity index (χ3n) is 2.72. The molecule has 0 atom stereocenters. The first kappa shape index (κ1) is 14.4. The van der Waals surface area contributed by atoms with Crippen LogP contribution in [0.2, 0.25) is 0 Å². The van der Waals surface area contributed by atoms with Gasteiger partial charge in [-0.1, -0.05) is 6.07 Å². The Labute approximate surface area is 117 Å². The quantitative estimate of drug-likeness (QED) is 0.618. The Morgan fingerprint density at radius 1 is 1.30 bits per heavy atom. The number of nitrogen functional groups attached to an aromatic ring is 1. The second kappa shape index (κ2) is 5.95. The molecule has 20 heavy (non-hydrogen) atoms. The summed E-state index contributed by atoms with van der Waals surface area (Å²) in [6.45, 7) is 0.217. The van der Waals surface area contributed by atoms with Crippen molar-refractivity contribution in [2.75, 3.05) is 12.5 Å². The van der Waals surface area contributed by atoms with Crippen LogP contribution in [-0.4, -0.2) is 29.7 Å². The zero-order chi connectivity index (χ0) is 14.6. The highest BCUT2D eigenvalue weighted by Crippen LogP contribution is 2.21. The molecule has 0 saturated carbocycles. The number of hydrazine groups is 1. The summed E-state index contributed by atoms with van der Waals surface area (Å²) in [4.78, 5) is 7.89. The van der Waals surface area contributed by atoms with Gasteiger partial charge >= 0.3 is 0 Å². The van der Waals surface area contributed by atoms with Gasteiger partial charge in [0.1, 0.15) is 4.90 Å². The molecule has 0 aliphatic rings. The molecule has 106 valence electrons. The molecule has 3 N–H and O–H groups in total. The van der Waals surface area contributed by atoms with Crippen LogP contribution >= 0.6 is 0 Å². The maximum Gasteiger partial charge on any atom is 0.246 e. The lowest BCUT2D eigenvalue weighted by atomic mass is 10.3. The van der Waals surface area contributed by atoms with Crippen molar-refractivity contribution in [3.05, 3.63) is 48.4 Å². The van der Waals surface area contributed by atoms with E-state index in [4.69, 9.17) is 5.84 Å². The van der Waals surface area contributed by atoms with Crippen molar-refractivity contribution in [1.82, 2.24) is 14.3 Å². The zero-order valence-electron chi connectivity index (χ0n) is 10.9. The molecule has 0 fully saturated rings. The summed E-state index contributed by atoms with van der Waals surface area (Å²) < 4.78 is 26.2. The molecule has 0 saturated heterocycles. The number of nitrogens with zero attached hydrogens (tertiary/aromatic N) is 3. The van der Waals surface area contributed by atoms with Gasteiger partial charge < -0.3 is 5.43 Å². The Morgan fingerprint density at radius 3 is 2.70 bits per heavy atom. The van der Waals surface area contributed by atoms with Crippen LogP contribution in [0.3, 0.4) is 0 Å². The van der Waals surface area contributed by atoms with Crippen LogP contribution < -0.4 is 11.3 Å². The van der Waals surface area contributed by atoms with E-state index in [1.165, 1.54) is 23.6 Å². The number of aromatic nitrogens is 2. The van der Waals surface area contributed by atoms with E-state index in [2.05, 4.69) is 15.4 Å². The summed E-state index contributed by atoms with van der Waals surface area (Å²) in [5.74, 6) is 5.41. The van der Waals surface area contributed by atoms with E-state index < -0.39 is 10.0 Å². The average Bonchev–Trinajstić information content (AvgIpc) is 2.48. The van der Waals surface area contributed by atoms with E-state index in [1.54, 1.807) is 24.5 Å². The van der Waals surface area contributed by atoms with Crippen LogP contribution in [0.15, 0.2) is 47.8 Å². The molecule has 2 heterocycles. The minimum atomic E-state index is -3.68. The molecular weight excluding hydrogens is 278 g/mol. The summed E-state index contributed by atoms with van der Waals surface area (Å²) in [5, 5.41) is 0. The first-order valence-electron chi connectivity index (χ1n) is 5.82. The summed E-state index contributed by atoms with van der Waals surface area (Å²) in [6, 6.07) is 6.57. The third kappa shape index (κ3) is 2.93. The van der Waals surface area contributed by atoms with Gasteiger partial charge in [0, 0.05) is 32.2 Å². The van der Waals surface area contributed by atoms with Gasteiger partial charge in [-0.2, -0.15) is 4.31 Å². The Kier molecular flexibility index (Phi) is 4.28. The minimum absolute atomic E-state index is 0.0360. The van der Waals surface area contributed by atoms with Crippen LogP contribution in [-0.2, 0) is 16.6 Å². The zero-order valence-corrected chi connectivity index (χ0v) is 11.7. The van der Waals surface area contributed by atoms with Gasteiger partial charge in [-0.15, -0.1) is 0 Å². The fraction of sp³-hybridized carbons (Fsp3) is 0.167. The van der Waals surface area contributed by atoms with Gasteiger partial charge in [-0.25, -0.2) is 19.2 Å². The fourth-order valence-corrected chi connectivity index (χ4v) is 2.97. The molecule has 0 aliphatic heterocycles. The van der Waals surface area contributed by atoms with Gasteiger partial charge in [0.05, 0.1) is 0 Å². The summed E-state index contributed by atoms with van der Waals surface area (Å²) >= 11 is 0. The molecule has 0 unspecified atom stereocenters. The summed E-state index contributed by atoms with van der Waals surface area (Å²) in [5.41, 5.74) is 3.09. The van der Waals surface area contributed by atoms with Gasteiger partial charge in [0.15, 0.2) is 5.82 Å². The highest BCUT2D eigenvalue weighted by Gasteiger charge is 2.24. The van der Waals surface area contributed by atoms with Gasteiger partial charge in [0.25, 0.3) is 0 Å². The van der Waals surface area contributed by atoms with Crippen molar-refractivity contribution in [3.8, 4) is 0 Å². The predicted molar refractivity (Wildman–Crippen MR) is 74.9 cm³/mol. The second-order valence-corrected chi connectivity index (χ2v) is 6.13. The van der Waals surface area contributed by atoms with Crippen LogP contribution in [0.25, 0.3) is 0 Å². The number of hydrogen-bond acceptors (Lipinski definition) is 6. The lowest BCUT2D eigenvalue weighted by Gasteiger charge is -2.18. The normalized spacial score (nSPS) is 11.6. The number of pyridine rings is 2. The molecule has 0 aromatic carbocycles. The number of rotatable bonds is 5. The smallest absolute Gasteiger partial charge is 0.246 e. The van der Waals surface area contributed by atoms with Crippen molar-refractivity contribution < 1.29 is 8.42 Å². The molecule has 0 amide bonds. The molecule has 0 radical (unpaired) electrons. The Bertz CT molecular complexity index is 675. The highest BCUT2D eigenvalue weighted by atomic mass is 32.2. The van der Waals surface area contributed by atoms with Crippen LogP contribution in [0.4, 0.5) is 5.82 Å². The van der Waals surface area contributed by atoms with Crippen LogP contribution in [0, 0.1) is 0 Å². The van der Waals surface area contributed by atoms with Crippen LogP contribution in [0.1, 0.15) is 5.56 Å². The van der Waals surface area contributed by atoms with E-state index in [0.29, 0.717) is 0 Å².